The zero-order chi connectivity index (χ0) is 14.5. The number of carbonyl (C=O) groups is 2. The normalized spacial score (nSPS) is 16.1. The van der Waals surface area contributed by atoms with E-state index in [0.29, 0.717) is 24.2 Å². The molecule has 1 atom stereocenters. The number of nitrogens with one attached hydrogen (secondary N) is 1. The van der Waals surface area contributed by atoms with Crippen molar-refractivity contribution in [2.75, 3.05) is 13.2 Å². The van der Waals surface area contributed by atoms with Crippen LogP contribution in [0.3, 0.4) is 0 Å². The average Bonchev–Trinajstić information content (AvgIpc) is 2.86. The van der Waals surface area contributed by atoms with Gasteiger partial charge in [0.25, 0.3) is 0 Å². The molecule has 1 aromatic rings. The lowest BCUT2D eigenvalue weighted by atomic mass is 10.0. The van der Waals surface area contributed by atoms with Gasteiger partial charge < -0.3 is 20.0 Å². The Bertz CT molecular complexity index is 577. The van der Waals surface area contributed by atoms with E-state index in [4.69, 9.17) is 9.84 Å². The van der Waals surface area contributed by atoms with Gasteiger partial charge in [0.15, 0.2) is 0 Å². The van der Waals surface area contributed by atoms with Crippen molar-refractivity contribution in [3.05, 3.63) is 28.8 Å². The molecule has 6 nitrogen and oxygen atoms in total. The summed E-state index contributed by atoms with van der Waals surface area (Å²) in [5.41, 5.74) is 2.32. The number of benzene rings is 1. The number of carbonyl (C=O) groups excluding carboxylic acids is 1. The zero-order valence-electron chi connectivity index (χ0n) is 10.8. The molecule has 2 N–H and O–H groups in total. The van der Waals surface area contributed by atoms with Gasteiger partial charge in [-0.3, -0.25) is 0 Å². The molecule has 2 rings (SSSR count). The smallest absolute Gasteiger partial charge is 0.404 e. The Morgan fingerprint density at radius 1 is 1.55 bits per heavy atom. The van der Waals surface area contributed by atoms with Gasteiger partial charge in [0, 0.05) is 5.92 Å². The number of ether oxygens (including phenoxy) is 1. The molecule has 1 aliphatic rings. The molecule has 6 heteroatoms. The molecule has 0 saturated carbocycles. The summed E-state index contributed by atoms with van der Waals surface area (Å²) in [7, 11) is 0. The fourth-order valence-electron chi connectivity index (χ4n) is 2.37. The topological polar surface area (TPSA) is 99.4 Å². The molecule has 1 unspecified atom stereocenters. The van der Waals surface area contributed by atoms with Crippen molar-refractivity contribution in [2.45, 2.75) is 12.8 Å². The number of hydrogen-bond acceptors (Lipinski definition) is 4. The largest absolute Gasteiger partial charge is 0.490 e. The summed E-state index contributed by atoms with van der Waals surface area (Å²) in [6.07, 6.45) is 1.02. The minimum atomic E-state index is -1.11. The standard InChI is InChI=1S/C14H14N2O4/c15-7-12-11-6-9(8-17)5-10(11)1-2-13(12)20-4-3-16-14(18)19/h1-2,8-9,16H,3-6H2,(H,18,19). The third-order valence-electron chi connectivity index (χ3n) is 3.26. The Morgan fingerprint density at radius 3 is 3.00 bits per heavy atom. The molecule has 0 bridgehead atoms. The van der Waals surface area contributed by atoms with Crippen LogP contribution in [0.5, 0.6) is 5.75 Å². The van der Waals surface area contributed by atoms with Gasteiger partial charge in [-0.15, -0.1) is 0 Å². The van der Waals surface area contributed by atoms with E-state index in [0.717, 1.165) is 17.4 Å². The van der Waals surface area contributed by atoms with E-state index in [-0.39, 0.29) is 19.1 Å². The Balaban J connectivity index is 2.10. The van der Waals surface area contributed by atoms with E-state index >= 15 is 0 Å². The highest BCUT2D eigenvalue weighted by atomic mass is 16.5. The van der Waals surface area contributed by atoms with Crippen LogP contribution in [0.15, 0.2) is 12.1 Å². The zero-order valence-corrected chi connectivity index (χ0v) is 10.8. The van der Waals surface area contributed by atoms with Crippen LogP contribution in [0.4, 0.5) is 4.79 Å². The minimum Gasteiger partial charge on any atom is -0.490 e. The monoisotopic (exact) mass is 274 g/mol. The molecule has 104 valence electrons. The maximum Gasteiger partial charge on any atom is 0.404 e. The Hall–Kier alpha value is -2.55. The van der Waals surface area contributed by atoms with E-state index in [1.807, 2.05) is 6.07 Å². The molecule has 0 fully saturated rings. The lowest BCUT2D eigenvalue weighted by Gasteiger charge is -2.10. The van der Waals surface area contributed by atoms with Gasteiger partial charge in [-0.1, -0.05) is 6.07 Å². The summed E-state index contributed by atoms with van der Waals surface area (Å²) in [5, 5.41) is 19.9. The summed E-state index contributed by atoms with van der Waals surface area (Å²) >= 11 is 0. The molecule has 20 heavy (non-hydrogen) atoms. The number of nitrogens with zero attached hydrogens (tertiary/aromatic N) is 1. The average molecular weight is 274 g/mol. The molecule has 0 aliphatic heterocycles. The second-order valence-corrected chi connectivity index (χ2v) is 4.57. The molecule has 0 spiro atoms. The number of fused-ring (bicyclic) bond motifs is 1. The van der Waals surface area contributed by atoms with Crippen LogP contribution in [0.2, 0.25) is 0 Å². The van der Waals surface area contributed by atoms with Gasteiger partial charge in [0.1, 0.15) is 24.7 Å². The molecule has 0 radical (unpaired) electrons. The number of amides is 1. The highest BCUT2D eigenvalue weighted by Crippen LogP contribution is 2.33. The lowest BCUT2D eigenvalue weighted by Crippen LogP contribution is -2.26. The Kier molecular flexibility index (Phi) is 4.20. The third kappa shape index (κ3) is 2.88. The van der Waals surface area contributed by atoms with Crippen LogP contribution in [0, 0.1) is 17.2 Å². The predicted octanol–water partition coefficient (Wildman–Crippen LogP) is 1.12. The van der Waals surface area contributed by atoms with Gasteiger partial charge in [-0.05, 0) is 30.0 Å². The highest BCUT2D eigenvalue weighted by molar-refractivity contribution is 5.64. The van der Waals surface area contributed by atoms with Crippen molar-refractivity contribution in [2.24, 2.45) is 5.92 Å². The first-order valence-corrected chi connectivity index (χ1v) is 6.25. The fourth-order valence-corrected chi connectivity index (χ4v) is 2.37. The van der Waals surface area contributed by atoms with Gasteiger partial charge in [-0.2, -0.15) is 5.26 Å². The molecule has 0 heterocycles. The summed E-state index contributed by atoms with van der Waals surface area (Å²) in [4.78, 5) is 21.2. The van der Waals surface area contributed by atoms with E-state index < -0.39 is 6.09 Å². The third-order valence-corrected chi connectivity index (χ3v) is 3.26. The van der Waals surface area contributed by atoms with E-state index in [1.54, 1.807) is 6.07 Å². The number of nitriles is 1. The summed E-state index contributed by atoms with van der Waals surface area (Å²) in [6, 6.07) is 5.67. The lowest BCUT2D eigenvalue weighted by molar-refractivity contribution is -0.110. The van der Waals surface area contributed by atoms with Crippen LogP contribution in [0.25, 0.3) is 0 Å². The number of hydrogen-bond donors (Lipinski definition) is 2. The van der Waals surface area contributed by atoms with Crippen LogP contribution in [-0.4, -0.2) is 30.6 Å². The van der Waals surface area contributed by atoms with Crippen molar-refractivity contribution < 1.29 is 19.4 Å². The highest BCUT2D eigenvalue weighted by Gasteiger charge is 2.25. The van der Waals surface area contributed by atoms with E-state index in [2.05, 4.69) is 11.4 Å². The molecular formula is C14H14N2O4. The van der Waals surface area contributed by atoms with E-state index in [9.17, 15) is 14.9 Å². The molecule has 0 saturated heterocycles. The van der Waals surface area contributed by atoms with Crippen LogP contribution in [-0.2, 0) is 17.6 Å². The maximum absolute atomic E-state index is 10.9. The van der Waals surface area contributed by atoms with Gasteiger partial charge in [-0.25, -0.2) is 4.79 Å². The molecule has 0 aromatic heterocycles. The van der Waals surface area contributed by atoms with Crippen molar-refractivity contribution in [3.63, 3.8) is 0 Å². The molecule has 1 amide bonds. The van der Waals surface area contributed by atoms with Crippen LogP contribution in [0.1, 0.15) is 16.7 Å². The first-order chi connectivity index (χ1) is 9.65. The molecule has 1 aliphatic carbocycles. The van der Waals surface area contributed by atoms with Gasteiger partial charge >= 0.3 is 6.09 Å². The molecular weight excluding hydrogens is 260 g/mol. The number of rotatable bonds is 5. The molecule has 1 aromatic carbocycles. The quantitative estimate of drug-likeness (QED) is 0.619. The Labute approximate surface area is 116 Å². The number of aldehydes is 1. The minimum absolute atomic E-state index is 0.0685. The van der Waals surface area contributed by atoms with Crippen LogP contribution >= 0.6 is 0 Å². The van der Waals surface area contributed by atoms with Crippen LogP contribution < -0.4 is 10.1 Å². The van der Waals surface area contributed by atoms with Crippen molar-refractivity contribution >= 4 is 12.4 Å². The summed E-state index contributed by atoms with van der Waals surface area (Å²) in [6.45, 7) is 0.297. The first kappa shape index (κ1) is 13.9. The second-order valence-electron chi connectivity index (χ2n) is 4.57. The maximum atomic E-state index is 10.9. The Morgan fingerprint density at radius 2 is 2.35 bits per heavy atom. The summed E-state index contributed by atoms with van der Waals surface area (Å²) < 4.78 is 5.44. The summed E-state index contributed by atoms with van der Waals surface area (Å²) in [5.74, 6) is 0.367. The number of carboxylic acid groups (broad SMARTS) is 1. The SMILES string of the molecule is N#Cc1c(OCCNC(=O)O)ccc2c1CC(C=O)C2. The fraction of sp³-hybridized carbons (Fsp3) is 0.357. The van der Waals surface area contributed by atoms with E-state index in [1.165, 1.54) is 0 Å². The van der Waals surface area contributed by atoms with Crippen molar-refractivity contribution in [3.8, 4) is 11.8 Å². The van der Waals surface area contributed by atoms with Crippen molar-refractivity contribution in [1.82, 2.24) is 5.32 Å². The van der Waals surface area contributed by atoms with Gasteiger partial charge in [0.2, 0.25) is 0 Å². The second kappa shape index (κ2) is 6.06. The predicted molar refractivity (Wildman–Crippen MR) is 69.6 cm³/mol. The van der Waals surface area contributed by atoms with Gasteiger partial charge in [0.05, 0.1) is 12.1 Å². The first-order valence-electron chi connectivity index (χ1n) is 6.25. The van der Waals surface area contributed by atoms with Crippen molar-refractivity contribution in [1.29, 1.82) is 5.26 Å².